The Bertz CT molecular complexity index is 288. The molecule has 0 aliphatic heterocycles. The Kier molecular flexibility index (Phi) is 9.06. The molecule has 0 aliphatic carbocycles. The Hall–Kier alpha value is -1.35. The van der Waals surface area contributed by atoms with Crippen LogP contribution in [0.25, 0.3) is 0 Å². The third kappa shape index (κ3) is 10.9. The molecule has 0 fully saturated rings. The Balaban J connectivity index is 3.88. The second kappa shape index (κ2) is 9.85. The van der Waals surface area contributed by atoms with Crippen LogP contribution in [-0.2, 0) is 9.53 Å². The standard InChI is InChI=1S/C14H22O3/c1-12(2)11-13(17-3)9-7-5-4-6-8-10-14(15)16/h4-8,10,12-13H,9,11H2,1-3H3,(H,15,16)/b6-4+,7-5+,10-8+. The minimum Gasteiger partial charge on any atom is -0.478 e. The molecule has 0 aromatic rings. The zero-order chi connectivity index (χ0) is 13.1. The van der Waals surface area contributed by atoms with Crippen LogP contribution in [0.3, 0.4) is 0 Å². The average Bonchev–Trinajstić information content (AvgIpc) is 2.25. The highest BCUT2D eigenvalue weighted by atomic mass is 16.5. The molecular weight excluding hydrogens is 216 g/mol. The van der Waals surface area contributed by atoms with Crippen molar-refractivity contribution >= 4 is 5.97 Å². The van der Waals surface area contributed by atoms with Crippen molar-refractivity contribution in [3.8, 4) is 0 Å². The summed E-state index contributed by atoms with van der Waals surface area (Å²) in [5.41, 5.74) is 0. The lowest BCUT2D eigenvalue weighted by Crippen LogP contribution is -2.12. The summed E-state index contributed by atoms with van der Waals surface area (Å²) in [5, 5.41) is 8.35. The van der Waals surface area contributed by atoms with Crippen LogP contribution in [0.5, 0.6) is 0 Å². The number of aliphatic carboxylic acids is 1. The molecule has 96 valence electrons. The molecular formula is C14H22O3. The topological polar surface area (TPSA) is 46.5 Å². The summed E-state index contributed by atoms with van der Waals surface area (Å²) >= 11 is 0. The third-order valence-corrected chi connectivity index (χ3v) is 2.17. The number of allylic oxidation sites excluding steroid dienone is 4. The van der Waals surface area contributed by atoms with Gasteiger partial charge in [0, 0.05) is 13.2 Å². The summed E-state index contributed by atoms with van der Waals surface area (Å²) in [6.45, 7) is 4.35. The Labute approximate surface area is 103 Å². The van der Waals surface area contributed by atoms with E-state index in [1.165, 1.54) is 6.08 Å². The summed E-state index contributed by atoms with van der Waals surface area (Å²) in [5.74, 6) is -0.308. The maximum Gasteiger partial charge on any atom is 0.328 e. The van der Waals surface area contributed by atoms with Gasteiger partial charge in [-0.2, -0.15) is 0 Å². The lowest BCUT2D eigenvalue weighted by Gasteiger charge is -2.15. The molecule has 3 nitrogen and oxygen atoms in total. The van der Waals surface area contributed by atoms with Crippen LogP contribution >= 0.6 is 0 Å². The van der Waals surface area contributed by atoms with Crippen LogP contribution in [0.1, 0.15) is 26.7 Å². The van der Waals surface area contributed by atoms with Gasteiger partial charge in [0.25, 0.3) is 0 Å². The van der Waals surface area contributed by atoms with Crippen LogP contribution in [0.2, 0.25) is 0 Å². The minimum atomic E-state index is -0.935. The molecule has 0 heterocycles. The van der Waals surface area contributed by atoms with Gasteiger partial charge in [0.05, 0.1) is 6.10 Å². The van der Waals surface area contributed by atoms with Crippen LogP contribution in [0.4, 0.5) is 0 Å². The third-order valence-electron chi connectivity index (χ3n) is 2.17. The molecule has 0 aliphatic rings. The molecule has 0 bridgehead atoms. The quantitative estimate of drug-likeness (QED) is 0.522. The maximum absolute atomic E-state index is 10.2. The van der Waals surface area contributed by atoms with Gasteiger partial charge in [-0.15, -0.1) is 0 Å². The zero-order valence-corrected chi connectivity index (χ0v) is 10.8. The van der Waals surface area contributed by atoms with Crippen molar-refractivity contribution in [3.63, 3.8) is 0 Å². The molecule has 17 heavy (non-hydrogen) atoms. The number of methoxy groups -OCH3 is 1. The monoisotopic (exact) mass is 238 g/mol. The number of hydrogen-bond donors (Lipinski definition) is 1. The van der Waals surface area contributed by atoms with E-state index in [0.717, 1.165) is 18.9 Å². The molecule has 0 saturated carbocycles. The predicted octanol–water partition coefficient (Wildman–Crippen LogP) is 3.19. The largest absolute Gasteiger partial charge is 0.478 e. The SMILES string of the molecule is COC(C/C=C/C=C/C=C/C(=O)O)CC(C)C. The van der Waals surface area contributed by atoms with E-state index in [4.69, 9.17) is 9.84 Å². The lowest BCUT2D eigenvalue weighted by molar-refractivity contribution is -0.131. The first-order valence-corrected chi connectivity index (χ1v) is 5.81. The number of rotatable bonds is 8. The van der Waals surface area contributed by atoms with Gasteiger partial charge in [0.15, 0.2) is 0 Å². The molecule has 0 amide bonds. The Morgan fingerprint density at radius 1 is 1.24 bits per heavy atom. The number of hydrogen-bond acceptors (Lipinski definition) is 2. The first-order valence-electron chi connectivity index (χ1n) is 5.81. The summed E-state index contributed by atoms with van der Waals surface area (Å²) in [6, 6.07) is 0. The molecule has 1 N–H and O–H groups in total. The smallest absolute Gasteiger partial charge is 0.328 e. The molecule has 0 aromatic heterocycles. The van der Waals surface area contributed by atoms with Gasteiger partial charge < -0.3 is 9.84 Å². The van der Waals surface area contributed by atoms with Crippen LogP contribution in [0.15, 0.2) is 36.5 Å². The van der Waals surface area contributed by atoms with Gasteiger partial charge in [-0.05, 0) is 18.8 Å². The number of carbonyl (C=O) groups is 1. The number of carboxylic acid groups (broad SMARTS) is 1. The van der Waals surface area contributed by atoms with Crippen molar-refractivity contribution < 1.29 is 14.6 Å². The van der Waals surface area contributed by atoms with Crippen molar-refractivity contribution in [2.45, 2.75) is 32.8 Å². The summed E-state index contributed by atoms with van der Waals surface area (Å²) in [7, 11) is 1.73. The first kappa shape index (κ1) is 15.7. The molecule has 0 radical (unpaired) electrons. The number of carboxylic acids is 1. The van der Waals surface area contributed by atoms with E-state index in [1.807, 2.05) is 18.2 Å². The highest BCUT2D eigenvalue weighted by molar-refractivity contribution is 5.80. The van der Waals surface area contributed by atoms with Gasteiger partial charge in [-0.1, -0.05) is 44.2 Å². The van der Waals surface area contributed by atoms with Crippen molar-refractivity contribution in [1.29, 1.82) is 0 Å². The molecule has 3 heteroatoms. The van der Waals surface area contributed by atoms with E-state index in [9.17, 15) is 4.79 Å². The normalized spacial score (nSPS) is 14.4. The van der Waals surface area contributed by atoms with E-state index in [-0.39, 0.29) is 6.10 Å². The van der Waals surface area contributed by atoms with Gasteiger partial charge in [-0.3, -0.25) is 0 Å². The van der Waals surface area contributed by atoms with Crippen molar-refractivity contribution in [2.75, 3.05) is 7.11 Å². The lowest BCUT2D eigenvalue weighted by atomic mass is 10.0. The van der Waals surface area contributed by atoms with Crippen LogP contribution in [0, 0.1) is 5.92 Å². The number of ether oxygens (including phenoxy) is 1. The summed E-state index contributed by atoms with van der Waals surface area (Å²) < 4.78 is 5.35. The van der Waals surface area contributed by atoms with Crippen molar-refractivity contribution in [2.24, 2.45) is 5.92 Å². The Morgan fingerprint density at radius 3 is 2.41 bits per heavy atom. The van der Waals surface area contributed by atoms with E-state index >= 15 is 0 Å². The second-order valence-electron chi connectivity index (χ2n) is 4.23. The highest BCUT2D eigenvalue weighted by Crippen LogP contribution is 2.11. The predicted molar refractivity (Wildman–Crippen MR) is 69.9 cm³/mol. The zero-order valence-electron chi connectivity index (χ0n) is 10.8. The van der Waals surface area contributed by atoms with E-state index in [0.29, 0.717) is 5.92 Å². The van der Waals surface area contributed by atoms with E-state index < -0.39 is 5.97 Å². The summed E-state index contributed by atoms with van der Waals surface area (Å²) in [6.07, 6.45) is 12.2. The van der Waals surface area contributed by atoms with E-state index in [2.05, 4.69) is 13.8 Å². The van der Waals surface area contributed by atoms with Crippen LogP contribution < -0.4 is 0 Å². The highest BCUT2D eigenvalue weighted by Gasteiger charge is 2.06. The molecule has 1 atom stereocenters. The molecule has 1 unspecified atom stereocenters. The fourth-order valence-electron chi connectivity index (χ4n) is 1.39. The van der Waals surface area contributed by atoms with Gasteiger partial charge >= 0.3 is 5.97 Å². The fourth-order valence-corrected chi connectivity index (χ4v) is 1.39. The molecule has 0 saturated heterocycles. The van der Waals surface area contributed by atoms with Gasteiger partial charge in [0.2, 0.25) is 0 Å². The molecule has 0 spiro atoms. The van der Waals surface area contributed by atoms with Crippen LogP contribution in [-0.4, -0.2) is 24.3 Å². The first-order chi connectivity index (χ1) is 8.06. The van der Waals surface area contributed by atoms with Crippen molar-refractivity contribution in [1.82, 2.24) is 0 Å². The van der Waals surface area contributed by atoms with Crippen molar-refractivity contribution in [3.05, 3.63) is 36.5 Å². The fraction of sp³-hybridized carbons (Fsp3) is 0.500. The van der Waals surface area contributed by atoms with Gasteiger partial charge in [0.1, 0.15) is 0 Å². The van der Waals surface area contributed by atoms with E-state index in [1.54, 1.807) is 13.2 Å². The Morgan fingerprint density at radius 2 is 1.88 bits per heavy atom. The molecule has 0 aromatic carbocycles. The summed E-state index contributed by atoms with van der Waals surface area (Å²) in [4.78, 5) is 10.2. The minimum absolute atomic E-state index is 0.259. The second-order valence-corrected chi connectivity index (χ2v) is 4.23. The van der Waals surface area contributed by atoms with Gasteiger partial charge in [-0.25, -0.2) is 4.79 Å². The average molecular weight is 238 g/mol. The maximum atomic E-state index is 10.2. The molecule has 0 rings (SSSR count).